The molecule has 5 nitrogen and oxygen atoms in total. The van der Waals surface area contributed by atoms with Crippen LogP contribution in [0, 0.1) is 0 Å². The van der Waals surface area contributed by atoms with E-state index in [1.165, 1.54) is 26.2 Å². The minimum atomic E-state index is 0.320. The molecule has 7 heteroatoms. The first kappa shape index (κ1) is 19.8. The lowest BCUT2D eigenvalue weighted by atomic mass is 10.1. The van der Waals surface area contributed by atoms with E-state index in [-0.39, 0.29) is 0 Å². The molecule has 1 atom stereocenters. The van der Waals surface area contributed by atoms with Gasteiger partial charge in [0.2, 0.25) is 0 Å². The number of para-hydroxylation sites is 1. The Hall–Kier alpha value is -2.87. The van der Waals surface area contributed by atoms with E-state index in [2.05, 4.69) is 81.7 Å². The molecule has 0 spiro atoms. The molecule has 3 aromatic heterocycles. The normalized spacial score (nSPS) is 16.1. The maximum Gasteiger partial charge on any atom is 0.141 e. The fraction of sp³-hybridized carbons (Fsp3) is 0.240. The molecule has 1 saturated heterocycles. The van der Waals surface area contributed by atoms with Crippen molar-refractivity contribution in [3.05, 3.63) is 71.3 Å². The van der Waals surface area contributed by atoms with Gasteiger partial charge in [0.25, 0.3) is 0 Å². The van der Waals surface area contributed by atoms with Gasteiger partial charge in [0.05, 0.1) is 21.6 Å². The SMILES string of the molecule is CC(c1nc2ccccc2s1)N1CCN(c2ncnc3scc(-c4ccccc4)c23)CC1. The van der Waals surface area contributed by atoms with E-state index < -0.39 is 0 Å². The predicted octanol–water partition coefficient (Wildman–Crippen LogP) is 5.85. The number of hydrogen-bond acceptors (Lipinski definition) is 7. The van der Waals surface area contributed by atoms with Crippen LogP contribution < -0.4 is 4.90 Å². The molecule has 0 N–H and O–H groups in total. The molecule has 6 rings (SSSR count). The van der Waals surface area contributed by atoms with Crippen molar-refractivity contribution in [1.82, 2.24) is 19.9 Å². The lowest BCUT2D eigenvalue weighted by Gasteiger charge is -2.38. The number of fused-ring (bicyclic) bond motifs is 2. The van der Waals surface area contributed by atoms with E-state index >= 15 is 0 Å². The zero-order valence-corrected chi connectivity index (χ0v) is 19.4. The summed E-state index contributed by atoms with van der Waals surface area (Å²) in [6, 6.07) is 19.3. The van der Waals surface area contributed by atoms with Crippen molar-refractivity contribution in [3.63, 3.8) is 0 Å². The Morgan fingerprint density at radius 3 is 2.50 bits per heavy atom. The van der Waals surface area contributed by atoms with Crippen molar-refractivity contribution in [2.45, 2.75) is 13.0 Å². The third-order valence-electron chi connectivity index (χ3n) is 6.26. The second-order valence-corrected chi connectivity index (χ2v) is 10.0. The Kier molecular flexibility index (Phi) is 5.09. The molecule has 1 aliphatic rings. The first-order valence-corrected chi connectivity index (χ1v) is 12.6. The molecule has 5 aromatic rings. The van der Waals surface area contributed by atoms with Crippen LogP contribution in [0.3, 0.4) is 0 Å². The second-order valence-electron chi connectivity index (χ2n) is 8.11. The minimum Gasteiger partial charge on any atom is -0.353 e. The lowest BCUT2D eigenvalue weighted by Crippen LogP contribution is -2.47. The molecule has 1 fully saturated rings. The first-order chi connectivity index (χ1) is 15.8. The molecule has 0 aliphatic carbocycles. The topological polar surface area (TPSA) is 45.2 Å². The van der Waals surface area contributed by atoms with Crippen LogP contribution in [0.4, 0.5) is 5.82 Å². The molecular formula is C25H23N5S2. The first-order valence-electron chi connectivity index (χ1n) is 10.9. The third-order valence-corrected chi connectivity index (χ3v) is 8.36. The van der Waals surface area contributed by atoms with Crippen molar-refractivity contribution in [3.8, 4) is 11.1 Å². The van der Waals surface area contributed by atoms with Crippen molar-refractivity contribution in [2.24, 2.45) is 0 Å². The Bertz CT molecular complexity index is 1340. The Morgan fingerprint density at radius 2 is 1.69 bits per heavy atom. The van der Waals surface area contributed by atoms with E-state index in [4.69, 9.17) is 9.97 Å². The molecule has 1 unspecified atom stereocenters. The minimum absolute atomic E-state index is 0.320. The number of thiazole rings is 1. The largest absolute Gasteiger partial charge is 0.353 e. The van der Waals surface area contributed by atoms with Gasteiger partial charge in [-0.2, -0.15) is 0 Å². The van der Waals surface area contributed by atoms with Gasteiger partial charge in [-0.25, -0.2) is 15.0 Å². The van der Waals surface area contributed by atoms with Crippen LogP contribution in [0.25, 0.3) is 31.6 Å². The summed E-state index contributed by atoms with van der Waals surface area (Å²) in [6.45, 7) is 6.17. The van der Waals surface area contributed by atoms with Crippen LogP contribution in [0.15, 0.2) is 66.3 Å². The maximum atomic E-state index is 4.89. The Balaban J connectivity index is 1.25. The fourth-order valence-electron chi connectivity index (χ4n) is 4.48. The Labute approximate surface area is 195 Å². The monoisotopic (exact) mass is 457 g/mol. The van der Waals surface area contributed by atoms with Crippen molar-refractivity contribution in [1.29, 1.82) is 0 Å². The zero-order chi connectivity index (χ0) is 21.5. The third kappa shape index (κ3) is 3.46. The molecule has 0 bridgehead atoms. The number of benzene rings is 2. The van der Waals surface area contributed by atoms with Crippen LogP contribution in [-0.2, 0) is 0 Å². The van der Waals surface area contributed by atoms with Gasteiger partial charge in [0.15, 0.2) is 0 Å². The summed E-state index contributed by atoms with van der Waals surface area (Å²) in [7, 11) is 0. The quantitative estimate of drug-likeness (QED) is 0.339. The molecule has 32 heavy (non-hydrogen) atoms. The predicted molar refractivity (Wildman–Crippen MR) is 135 cm³/mol. The number of anilines is 1. The van der Waals surface area contributed by atoms with Crippen LogP contribution >= 0.6 is 22.7 Å². The van der Waals surface area contributed by atoms with Crippen LogP contribution in [0.1, 0.15) is 18.0 Å². The highest BCUT2D eigenvalue weighted by Gasteiger charge is 2.26. The molecule has 0 radical (unpaired) electrons. The van der Waals surface area contributed by atoms with Crippen LogP contribution in [-0.4, -0.2) is 46.0 Å². The van der Waals surface area contributed by atoms with Gasteiger partial charge in [0.1, 0.15) is 22.0 Å². The summed E-state index contributed by atoms with van der Waals surface area (Å²) in [5, 5.41) is 4.59. The van der Waals surface area contributed by atoms with Gasteiger partial charge in [-0.3, -0.25) is 4.90 Å². The van der Waals surface area contributed by atoms with E-state index in [1.807, 2.05) is 11.3 Å². The molecule has 0 saturated carbocycles. The van der Waals surface area contributed by atoms with Gasteiger partial charge in [0, 0.05) is 37.1 Å². The summed E-state index contributed by atoms with van der Waals surface area (Å²) in [6.07, 6.45) is 1.71. The van der Waals surface area contributed by atoms with Crippen LogP contribution in [0.5, 0.6) is 0 Å². The highest BCUT2D eigenvalue weighted by atomic mass is 32.1. The summed E-state index contributed by atoms with van der Waals surface area (Å²) in [5.41, 5.74) is 3.55. The number of rotatable bonds is 4. The molecule has 4 heterocycles. The van der Waals surface area contributed by atoms with E-state index in [1.54, 1.807) is 17.7 Å². The van der Waals surface area contributed by atoms with Gasteiger partial charge in [-0.05, 0) is 24.6 Å². The van der Waals surface area contributed by atoms with E-state index in [0.717, 1.165) is 42.3 Å². The van der Waals surface area contributed by atoms with E-state index in [0.29, 0.717) is 6.04 Å². The number of aromatic nitrogens is 3. The van der Waals surface area contributed by atoms with E-state index in [9.17, 15) is 0 Å². The standard InChI is InChI=1S/C25H23N5S2/c1-17(24-28-20-9-5-6-10-21(20)32-24)29-11-13-30(14-12-29)23-22-19(18-7-3-2-4-8-18)15-31-25(22)27-16-26-23/h2-10,15-17H,11-14H2,1H3. The summed E-state index contributed by atoms with van der Waals surface area (Å²) in [4.78, 5) is 20.2. The summed E-state index contributed by atoms with van der Waals surface area (Å²) < 4.78 is 1.27. The van der Waals surface area contributed by atoms with Crippen molar-refractivity contribution in [2.75, 3.05) is 31.1 Å². The average molecular weight is 458 g/mol. The highest BCUT2D eigenvalue weighted by molar-refractivity contribution is 7.18. The fourth-order valence-corrected chi connectivity index (χ4v) is 6.44. The van der Waals surface area contributed by atoms with Crippen molar-refractivity contribution < 1.29 is 0 Å². The van der Waals surface area contributed by atoms with Crippen LogP contribution in [0.2, 0.25) is 0 Å². The zero-order valence-electron chi connectivity index (χ0n) is 17.8. The Morgan fingerprint density at radius 1 is 0.906 bits per heavy atom. The smallest absolute Gasteiger partial charge is 0.141 e. The molecule has 2 aromatic carbocycles. The second kappa shape index (κ2) is 8.24. The maximum absolute atomic E-state index is 4.89. The lowest BCUT2D eigenvalue weighted by molar-refractivity contribution is 0.198. The number of piperazine rings is 1. The van der Waals surface area contributed by atoms with Gasteiger partial charge in [-0.1, -0.05) is 42.5 Å². The summed E-state index contributed by atoms with van der Waals surface area (Å²) >= 11 is 3.51. The average Bonchev–Trinajstić information content (AvgIpc) is 3.49. The number of thiophene rings is 1. The highest BCUT2D eigenvalue weighted by Crippen LogP contribution is 2.38. The number of nitrogens with zero attached hydrogens (tertiary/aromatic N) is 5. The molecular weight excluding hydrogens is 434 g/mol. The van der Waals surface area contributed by atoms with Gasteiger partial charge < -0.3 is 4.90 Å². The van der Waals surface area contributed by atoms with Crippen molar-refractivity contribution >= 4 is 48.9 Å². The molecule has 0 amide bonds. The summed E-state index contributed by atoms with van der Waals surface area (Å²) in [5.74, 6) is 1.06. The number of hydrogen-bond donors (Lipinski definition) is 0. The molecule has 1 aliphatic heterocycles. The molecule has 160 valence electrons. The van der Waals surface area contributed by atoms with Gasteiger partial charge in [-0.15, -0.1) is 22.7 Å². The van der Waals surface area contributed by atoms with Gasteiger partial charge >= 0.3 is 0 Å².